The highest BCUT2D eigenvalue weighted by atomic mass is 16.5. The molecule has 8 nitrogen and oxygen atoms in total. The third-order valence-electron chi connectivity index (χ3n) is 8.79. The number of fused-ring (bicyclic) bond motifs is 1. The minimum Gasteiger partial charge on any atom is -0.497 e. The Morgan fingerprint density at radius 3 is 2.37 bits per heavy atom. The topological polar surface area (TPSA) is 89.0 Å². The van der Waals surface area contributed by atoms with Crippen LogP contribution in [0.15, 0.2) is 54.6 Å². The Morgan fingerprint density at radius 2 is 1.72 bits per heavy atom. The number of amides is 2. The van der Waals surface area contributed by atoms with Gasteiger partial charge in [-0.3, -0.25) is 14.4 Å². The summed E-state index contributed by atoms with van der Waals surface area (Å²) in [7, 11) is 1.62. The molecule has 2 saturated heterocycles. The third kappa shape index (κ3) is 6.84. The van der Waals surface area contributed by atoms with Crippen LogP contribution < -0.4 is 9.47 Å². The number of piperidine rings is 1. The second-order valence-corrected chi connectivity index (χ2v) is 12.9. The van der Waals surface area contributed by atoms with Crippen LogP contribution in [0.1, 0.15) is 59.8 Å². The molecule has 1 aromatic heterocycles. The molecule has 0 saturated carbocycles. The molecule has 8 heteroatoms. The highest BCUT2D eigenvalue weighted by Gasteiger charge is 2.45. The largest absolute Gasteiger partial charge is 0.497 e. The molecule has 2 fully saturated rings. The zero-order valence-corrected chi connectivity index (χ0v) is 26.0. The van der Waals surface area contributed by atoms with Gasteiger partial charge >= 0.3 is 0 Å². The van der Waals surface area contributed by atoms with Crippen molar-refractivity contribution in [1.82, 2.24) is 14.8 Å². The van der Waals surface area contributed by atoms with Gasteiger partial charge in [0.25, 0.3) is 0 Å². The number of nitrogens with zero attached hydrogens (tertiary/aromatic N) is 3. The zero-order chi connectivity index (χ0) is 30.7. The van der Waals surface area contributed by atoms with Gasteiger partial charge in [-0.1, -0.05) is 51.1 Å². The molecule has 2 aliphatic heterocycles. The van der Waals surface area contributed by atoms with Crippen LogP contribution in [-0.4, -0.2) is 71.3 Å². The summed E-state index contributed by atoms with van der Waals surface area (Å²) in [6, 6.07) is 16.9. The summed E-state index contributed by atoms with van der Waals surface area (Å²) >= 11 is 0. The number of carbonyl (C=O) groups is 3. The fourth-order valence-corrected chi connectivity index (χ4v) is 6.26. The number of benzene rings is 2. The Morgan fingerprint density at radius 1 is 1.00 bits per heavy atom. The van der Waals surface area contributed by atoms with Crippen LogP contribution in [0.4, 0.5) is 0 Å². The van der Waals surface area contributed by atoms with Crippen molar-refractivity contribution in [2.24, 2.45) is 11.3 Å². The molecule has 43 heavy (non-hydrogen) atoms. The first-order valence-electron chi connectivity index (χ1n) is 15.3. The lowest BCUT2D eigenvalue weighted by Gasteiger charge is -2.36. The van der Waals surface area contributed by atoms with Gasteiger partial charge < -0.3 is 19.3 Å². The van der Waals surface area contributed by atoms with Crippen molar-refractivity contribution >= 4 is 28.5 Å². The van der Waals surface area contributed by atoms with Gasteiger partial charge in [-0.25, -0.2) is 4.98 Å². The first kappa shape index (κ1) is 30.5. The molecule has 3 aromatic rings. The molecule has 228 valence electrons. The van der Waals surface area contributed by atoms with Crippen molar-refractivity contribution in [1.29, 1.82) is 0 Å². The number of likely N-dealkylation sites (tertiary alicyclic amines) is 2. The molecule has 0 aliphatic carbocycles. The number of pyridine rings is 1. The van der Waals surface area contributed by atoms with E-state index in [0.717, 1.165) is 54.5 Å². The Hall–Kier alpha value is -3.94. The molecule has 0 spiro atoms. The Bertz CT molecular complexity index is 1480. The van der Waals surface area contributed by atoms with E-state index < -0.39 is 23.5 Å². The minimum atomic E-state index is -0.603. The van der Waals surface area contributed by atoms with Gasteiger partial charge in [0.05, 0.1) is 36.8 Å². The number of hydrogen-bond donors (Lipinski definition) is 0. The van der Waals surface area contributed by atoms with Crippen molar-refractivity contribution in [3.63, 3.8) is 0 Å². The van der Waals surface area contributed by atoms with E-state index in [-0.39, 0.29) is 30.6 Å². The zero-order valence-electron chi connectivity index (χ0n) is 26.0. The average Bonchev–Trinajstić information content (AvgIpc) is 3.43. The smallest absolute Gasteiger partial charge is 0.227 e. The van der Waals surface area contributed by atoms with E-state index in [1.54, 1.807) is 12.0 Å². The molecule has 2 amide bonds. The van der Waals surface area contributed by atoms with Gasteiger partial charge in [-0.2, -0.15) is 0 Å². The molecule has 3 atom stereocenters. The van der Waals surface area contributed by atoms with Crippen molar-refractivity contribution in [2.45, 2.75) is 71.9 Å². The standard InChI is InChI=1S/C35H43N3O5/c1-23(39)31-19-26(22-38(31)34(41)28(35(2,3)4)20-33(40)37-16-10-7-11-17-37)43-32-21-29(24-12-8-6-9-13-24)36-30-18-25(42-5)14-15-27(30)32/h6,8-9,12-15,18,21,26,28,31H,7,10-11,16-17,19-20,22H2,1-5H3/t26-,28-,31+/m1/s1. The first-order chi connectivity index (χ1) is 20.5. The van der Waals surface area contributed by atoms with E-state index in [2.05, 4.69) is 0 Å². The summed E-state index contributed by atoms with van der Waals surface area (Å²) in [6.07, 6.45) is 3.27. The number of ketones is 1. The van der Waals surface area contributed by atoms with Gasteiger partial charge in [0.2, 0.25) is 11.8 Å². The summed E-state index contributed by atoms with van der Waals surface area (Å²) < 4.78 is 12.1. The summed E-state index contributed by atoms with van der Waals surface area (Å²) in [6.45, 7) is 9.28. The van der Waals surface area contributed by atoms with E-state index in [1.807, 2.05) is 80.3 Å². The molecule has 0 N–H and O–H groups in total. The number of hydrogen-bond acceptors (Lipinski definition) is 6. The molecule has 0 unspecified atom stereocenters. The van der Waals surface area contributed by atoms with Crippen molar-refractivity contribution < 1.29 is 23.9 Å². The van der Waals surface area contributed by atoms with Crippen molar-refractivity contribution in [2.75, 3.05) is 26.7 Å². The van der Waals surface area contributed by atoms with Crippen LogP contribution in [0, 0.1) is 11.3 Å². The number of aromatic nitrogens is 1. The molecular weight excluding hydrogens is 542 g/mol. The van der Waals surface area contributed by atoms with Gasteiger partial charge in [-0.05, 0) is 43.7 Å². The Labute approximate surface area is 254 Å². The number of ether oxygens (including phenoxy) is 2. The number of carbonyl (C=O) groups excluding carboxylic acids is 3. The first-order valence-corrected chi connectivity index (χ1v) is 15.3. The quantitative estimate of drug-likeness (QED) is 0.327. The van der Waals surface area contributed by atoms with E-state index in [9.17, 15) is 14.4 Å². The number of Topliss-reactive ketones (excluding diaryl/α,β-unsaturated/α-hetero) is 1. The van der Waals surface area contributed by atoms with Crippen LogP contribution in [0.3, 0.4) is 0 Å². The predicted octanol–water partition coefficient (Wildman–Crippen LogP) is 5.91. The van der Waals surface area contributed by atoms with Crippen LogP contribution in [0.5, 0.6) is 11.5 Å². The van der Waals surface area contributed by atoms with Crippen molar-refractivity contribution in [3.8, 4) is 22.8 Å². The predicted molar refractivity (Wildman–Crippen MR) is 167 cm³/mol. The van der Waals surface area contributed by atoms with E-state index in [1.165, 1.54) is 6.92 Å². The summed E-state index contributed by atoms with van der Waals surface area (Å²) in [5, 5.41) is 0.823. The monoisotopic (exact) mass is 585 g/mol. The third-order valence-corrected chi connectivity index (χ3v) is 8.79. The average molecular weight is 586 g/mol. The summed E-state index contributed by atoms with van der Waals surface area (Å²) in [4.78, 5) is 48.7. The highest BCUT2D eigenvalue weighted by molar-refractivity contribution is 5.92. The molecule has 2 aliphatic rings. The van der Waals surface area contributed by atoms with Gasteiger partial charge in [0.15, 0.2) is 5.78 Å². The normalized spacial score (nSPS) is 19.7. The number of methoxy groups -OCH3 is 1. The van der Waals surface area contributed by atoms with E-state index >= 15 is 0 Å². The molecule has 0 radical (unpaired) electrons. The van der Waals surface area contributed by atoms with E-state index in [0.29, 0.717) is 17.9 Å². The molecule has 0 bridgehead atoms. The van der Waals surface area contributed by atoms with Gasteiger partial charge in [0.1, 0.15) is 17.6 Å². The van der Waals surface area contributed by atoms with Crippen LogP contribution in [-0.2, 0) is 14.4 Å². The molecular formula is C35H43N3O5. The fourth-order valence-electron chi connectivity index (χ4n) is 6.26. The fraction of sp³-hybridized carbons (Fsp3) is 0.486. The highest BCUT2D eigenvalue weighted by Crippen LogP contribution is 2.37. The second-order valence-electron chi connectivity index (χ2n) is 12.9. The maximum atomic E-state index is 14.2. The molecule has 2 aromatic carbocycles. The van der Waals surface area contributed by atoms with Crippen LogP contribution in [0.25, 0.3) is 22.2 Å². The van der Waals surface area contributed by atoms with Crippen LogP contribution in [0.2, 0.25) is 0 Å². The molecule has 3 heterocycles. The van der Waals surface area contributed by atoms with Gasteiger partial charge in [-0.15, -0.1) is 0 Å². The van der Waals surface area contributed by atoms with Crippen molar-refractivity contribution in [3.05, 3.63) is 54.6 Å². The summed E-state index contributed by atoms with van der Waals surface area (Å²) in [5.74, 6) is 0.577. The SMILES string of the molecule is COc1ccc2c(O[C@@H]3C[C@@H](C(C)=O)N(C(=O)[C@@H](CC(=O)N4CCCCC4)C(C)(C)C)C3)cc(-c3ccccc3)nc2c1. The van der Waals surface area contributed by atoms with E-state index in [4.69, 9.17) is 14.5 Å². The maximum Gasteiger partial charge on any atom is 0.227 e. The second kappa shape index (κ2) is 12.7. The molecule has 5 rings (SSSR count). The Balaban J connectivity index is 1.42. The Kier molecular flexibility index (Phi) is 9.04. The summed E-state index contributed by atoms with van der Waals surface area (Å²) in [5.41, 5.74) is 1.99. The lowest BCUT2D eigenvalue weighted by atomic mass is 9.77. The number of rotatable bonds is 8. The van der Waals surface area contributed by atoms with Gasteiger partial charge in [0, 0.05) is 49.0 Å². The minimum absolute atomic E-state index is 0.0199. The lowest BCUT2D eigenvalue weighted by molar-refractivity contribution is -0.147. The van der Waals surface area contributed by atoms with Crippen LogP contribution >= 0.6 is 0 Å². The lowest BCUT2D eigenvalue weighted by Crippen LogP contribution is -2.48. The maximum absolute atomic E-state index is 14.2.